The van der Waals surface area contributed by atoms with Crippen LogP contribution in [-0.2, 0) is 0 Å². The van der Waals surface area contributed by atoms with Crippen LogP contribution in [-0.4, -0.2) is 28.0 Å². The minimum atomic E-state index is -0.419. The molecule has 6 nitrogen and oxygen atoms in total. The van der Waals surface area contributed by atoms with Gasteiger partial charge in [-0.05, 0) is 31.7 Å². The molecule has 2 aliphatic rings. The van der Waals surface area contributed by atoms with Gasteiger partial charge in [-0.2, -0.15) is 0 Å². The molecule has 2 saturated heterocycles. The van der Waals surface area contributed by atoms with Crippen molar-refractivity contribution in [2.24, 2.45) is 5.73 Å². The Morgan fingerprint density at radius 2 is 2.00 bits per heavy atom. The lowest BCUT2D eigenvalue weighted by molar-refractivity contribution is -0.385. The molecule has 0 amide bonds. The monoisotopic (exact) mass is 248 g/mol. The summed E-state index contributed by atoms with van der Waals surface area (Å²) in [6.07, 6.45) is 5.63. The van der Waals surface area contributed by atoms with Gasteiger partial charge in [0.05, 0.1) is 4.92 Å². The number of rotatable bonds is 2. The molecular formula is C12H16N4O2. The van der Waals surface area contributed by atoms with Crippen molar-refractivity contribution in [1.29, 1.82) is 0 Å². The van der Waals surface area contributed by atoms with E-state index in [1.807, 2.05) is 0 Å². The Balaban J connectivity index is 1.85. The topological polar surface area (TPSA) is 85.3 Å². The number of hydrogen-bond donors (Lipinski definition) is 1. The zero-order valence-corrected chi connectivity index (χ0v) is 10.0. The summed E-state index contributed by atoms with van der Waals surface area (Å²) in [5, 5.41) is 10.6. The van der Waals surface area contributed by atoms with E-state index in [9.17, 15) is 10.1 Å². The molecule has 1 aromatic heterocycles. The van der Waals surface area contributed by atoms with E-state index in [2.05, 4.69) is 9.88 Å². The third kappa shape index (κ3) is 1.82. The van der Waals surface area contributed by atoms with Gasteiger partial charge in [-0.15, -0.1) is 0 Å². The molecule has 2 N–H and O–H groups in total. The highest BCUT2D eigenvalue weighted by Crippen LogP contribution is 2.38. The van der Waals surface area contributed by atoms with Gasteiger partial charge in [0, 0.05) is 24.2 Å². The molecule has 3 rings (SSSR count). The smallest absolute Gasteiger partial charge is 0.287 e. The lowest BCUT2D eigenvalue weighted by atomic mass is 9.98. The zero-order chi connectivity index (χ0) is 12.7. The molecule has 0 saturated carbocycles. The third-order valence-corrected chi connectivity index (χ3v) is 3.98. The van der Waals surface area contributed by atoms with Crippen LogP contribution in [0.1, 0.15) is 25.7 Å². The van der Waals surface area contributed by atoms with Gasteiger partial charge in [0.1, 0.15) is 12.0 Å². The molecule has 3 atom stereocenters. The van der Waals surface area contributed by atoms with Crippen molar-refractivity contribution in [1.82, 2.24) is 4.98 Å². The van der Waals surface area contributed by atoms with Gasteiger partial charge in [-0.25, -0.2) is 4.98 Å². The first-order chi connectivity index (χ1) is 8.65. The number of nitro groups is 1. The molecule has 1 aromatic rings. The zero-order valence-electron chi connectivity index (χ0n) is 10.0. The van der Waals surface area contributed by atoms with Crippen LogP contribution in [0.5, 0.6) is 0 Å². The molecule has 0 radical (unpaired) electrons. The minimum absolute atomic E-state index is 0.0415. The molecule has 3 heterocycles. The van der Waals surface area contributed by atoms with Gasteiger partial charge in [-0.3, -0.25) is 10.1 Å². The molecule has 2 bridgehead atoms. The minimum Gasteiger partial charge on any atom is -0.351 e. The molecule has 2 aliphatic heterocycles. The summed E-state index contributed by atoms with van der Waals surface area (Å²) in [5.41, 5.74) is 6.06. The van der Waals surface area contributed by atoms with Crippen LogP contribution in [0.4, 0.5) is 11.5 Å². The van der Waals surface area contributed by atoms with Gasteiger partial charge < -0.3 is 10.6 Å². The average Bonchev–Trinajstić information content (AvgIpc) is 2.62. The van der Waals surface area contributed by atoms with E-state index in [1.54, 1.807) is 6.07 Å². The van der Waals surface area contributed by atoms with Crippen molar-refractivity contribution >= 4 is 11.5 Å². The maximum Gasteiger partial charge on any atom is 0.287 e. The van der Waals surface area contributed by atoms with Crippen molar-refractivity contribution in [2.45, 2.75) is 43.8 Å². The number of fused-ring (bicyclic) bond motifs is 2. The van der Waals surface area contributed by atoms with Gasteiger partial charge in [0.2, 0.25) is 0 Å². The summed E-state index contributed by atoms with van der Waals surface area (Å²) in [5.74, 6) is 0.847. The second-order valence-corrected chi connectivity index (χ2v) is 5.16. The first kappa shape index (κ1) is 11.4. The Labute approximate surface area is 105 Å². The number of piperidine rings is 1. The first-order valence-electron chi connectivity index (χ1n) is 6.29. The molecule has 2 fully saturated rings. The summed E-state index contributed by atoms with van der Waals surface area (Å²) < 4.78 is 0. The Bertz CT molecular complexity index is 448. The van der Waals surface area contributed by atoms with E-state index in [0.717, 1.165) is 31.5 Å². The first-order valence-corrected chi connectivity index (χ1v) is 6.29. The highest BCUT2D eigenvalue weighted by Gasteiger charge is 2.40. The van der Waals surface area contributed by atoms with Crippen LogP contribution in [0.25, 0.3) is 0 Å². The fourth-order valence-corrected chi connectivity index (χ4v) is 3.23. The predicted octanol–water partition coefficient (Wildman–Crippen LogP) is 1.45. The van der Waals surface area contributed by atoms with E-state index in [0.29, 0.717) is 12.1 Å². The molecule has 18 heavy (non-hydrogen) atoms. The molecule has 6 heteroatoms. The van der Waals surface area contributed by atoms with Gasteiger partial charge in [0.25, 0.3) is 5.69 Å². The van der Waals surface area contributed by atoms with Crippen LogP contribution in [0, 0.1) is 10.1 Å². The maximum atomic E-state index is 10.6. The van der Waals surface area contributed by atoms with E-state index < -0.39 is 4.92 Å². The summed E-state index contributed by atoms with van der Waals surface area (Å²) in [6.45, 7) is 0. The maximum absolute atomic E-state index is 10.6. The Kier molecular flexibility index (Phi) is 2.66. The molecule has 96 valence electrons. The largest absolute Gasteiger partial charge is 0.351 e. The van der Waals surface area contributed by atoms with E-state index in [4.69, 9.17) is 5.73 Å². The van der Waals surface area contributed by atoms with Crippen molar-refractivity contribution in [3.8, 4) is 0 Å². The van der Waals surface area contributed by atoms with Gasteiger partial charge >= 0.3 is 0 Å². The Hall–Kier alpha value is -1.69. The quantitative estimate of drug-likeness (QED) is 0.632. The van der Waals surface area contributed by atoms with E-state index in [-0.39, 0.29) is 11.7 Å². The summed E-state index contributed by atoms with van der Waals surface area (Å²) >= 11 is 0. The van der Waals surface area contributed by atoms with E-state index >= 15 is 0 Å². The lowest BCUT2D eigenvalue weighted by Gasteiger charge is -2.38. The SMILES string of the molecule is NC1C[C@H]2CC[C@@H](C1)N2c1ccc([N+](=O)[O-])cn1. The molecule has 0 spiro atoms. The second-order valence-electron chi connectivity index (χ2n) is 5.16. The average molecular weight is 248 g/mol. The van der Waals surface area contributed by atoms with Crippen LogP contribution < -0.4 is 10.6 Å². The highest BCUT2D eigenvalue weighted by atomic mass is 16.6. The fraction of sp³-hybridized carbons (Fsp3) is 0.583. The molecular weight excluding hydrogens is 232 g/mol. The van der Waals surface area contributed by atoms with Gasteiger partial charge in [-0.1, -0.05) is 0 Å². The summed E-state index contributed by atoms with van der Waals surface area (Å²) in [6, 6.07) is 4.47. The summed E-state index contributed by atoms with van der Waals surface area (Å²) in [7, 11) is 0. The lowest BCUT2D eigenvalue weighted by Crippen LogP contribution is -2.47. The van der Waals surface area contributed by atoms with Crippen LogP contribution in [0.3, 0.4) is 0 Å². The molecule has 0 aromatic carbocycles. The highest BCUT2D eigenvalue weighted by molar-refractivity contribution is 5.47. The Morgan fingerprint density at radius 3 is 2.50 bits per heavy atom. The molecule has 1 unspecified atom stereocenters. The number of aromatic nitrogens is 1. The fourth-order valence-electron chi connectivity index (χ4n) is 3.23. The van der Waals surface area contributed by atoms with Crippen LogP contribution in [0.15, 0.2) is 18.3 Å². The van der Waals surface area contributed by atoms with Crippen LogP contribution in [0.2, 0.25) is 0 Å². The number of pyridine rings is 1. The van der Waals surface area contributed by atoms with Crippen molar-refractivity contribution < 1.29 is 4.92 Å². The number of nitrogens with two attached hydrogens (primary N) is 1. The Morgan fingerprint density at radius 1 is 1.33 bits per heavy atom. The third-order valence-electron chi connectivity index (χ3n) is 3.98. The molecule has 0 aliphatic carbocycles. The van der Waals surface area contributed by atoms with Gasteiger partial charge in [0.15, 0.2) is 0 Å². The standard InChI is InChI=1S/C12H16N4O2/c13-8-5-9-1-2-10(6-8)15(9)12-4-3-11(7-14-12)16(17)18/h3-4,7-10H,1-2,5-6,13H2/t8?,9-,10+. The van der Waals surface area contributed by atoms with Crippen LogP contribution >= 0.6 is 0 Å². The number of nitrogens with zero attached hydrogens (tertiary/aromatic N) is 3. The van der Waals surface area contributed by atoms with E-state index in [1.165, 1.54) is 12.3 Å². The number of anilines is 1. The predicted molar refractivity (Wildman–Crippen MR) is 67.4 cm³/mol. The van der Waals surface area contributed by atoms with Crippen molar-refractivity contribution in [3.63, 3.8) is 0 Å². The van der Waals surface area contributed by atoms with Crippen molar-refractivity contribution in [3.05, 3.63) is 28.4 Å². The van der Waals surface area contributed by atoms with Crippen molar-refractivity contribution in [2.75, 3.05) is 4.90 Å². The summed E-state index contributed by atoms with van der Waals surface area (Å²) in [4.78, 5) is 16.7. The number of hydrogen-bond acceptors (Lipinski definition) is 5. The normalized spacial score (nSPS) is 30.5. The second kappa shape index (κ2) is 4.20.